The number of nitrogens with one attached hydrogen (secondary N) is 2. The summed E-state index contributed by atoms with van der Waals surface area (Å²) in [6.45, 7) is 1.14. The van der Waals surface area contributed by atoms with Crippen LogP contribution in [0.1, 0.15) is 16.8 Å². The van der Waals surface area contributed by atoms with Gasteiger partial charge in [-0.1, -0.05) is 0 Å². The fourth-order valence-electron chi connectivity index (χ4n) is 1.62. The highest BCUT2D eigenvalue weighted by Crippen LogP contribution is 2.19. The zero-order valence-electron chi connectivity index (χ0n) is 12.3. The van der Waals surface area contributed by atoms with E-state index in [1.165, 1.54) is 7.11 Å². The molecule has 7 nitrogen and oxygen atoms in total. The number of hydrogen-bond donors (Lipinski definition) is 3. The molecule has 0 aromatic heterocycles. The highest BCUT2D eigenvalue weighted by Gasteiger charge is 2.11. The van der Waals surface area contributed by atoms with Gasteiger partial charge in [0.2, 0.25) is 5.91 Å². The Morgan fingerprint density at radius 1 is 1.19 bits per heavy atom. The van der Waals surface area contributed by atoms with Crippen molar-refractivity contribution in [2.75, 3.05) is 39.6 Å². The highest BCUT2D eigenvalue weighted by molar-refractivity contribution is 5.99. The molecule has 1 aromatic rings. The van der Waals surface area contributed by atoms with Gasteiger partial charge in [0.05, 0.1) is 19.3 Å². The molecule has 0 aliphatic carbocycles. The molecule has 0 aliphatic heterocycles. The van der Waals surface area contributed by atoms with Gasteiger partial charge in [0.25, 0.3) is 5.91 Å². The highest BCUT2D eigenvalue weighted by atomic mass is 16.5. The van der Waals surface area contributed by atoms with E-state index in [0.717, 1.165) is 0 Å². The van der Waals surface area contributed by atoms with E-state index in [9.17, 15) is 9.59 Å². The molecule has 0 radical (unpaired) electrons. The number of benzene rings is 1. The minimum absolute atomic E-state index is 0.147. The smallest absolute Gasteiger partial charge is 0.253 e. The number of anilines is 1. The van der Waals surface area contributed by atoms with Crippen molar-refractivity contribution < 1.29 is 19.1 Å². The van der Waals surface area contributed by atoms with Gasteiger partial charge in [-0.05, 0) is 18.2 Å². The van der Waals surface area contributed by atoms with Crippen LogP contribution in [0.15, 0.2) is 18.2 Å². The van der Waals surface area contributed by atoms with Crippen LogP contribution in [0.4, 0.5) is 5.69 Å². The van der Waals surface area contributed by atoms with Crippen LogP contribution in [-0.2, 0) is 9.53 Å². The Balaban J connectivity index is 2.42. The lowest BCUT2D eigenvalue weighted by Crippen LogP contribution is -2.32. The van der Waals surface area contributed by atoms with Gasteiger partial charge in [-0.15, -0.1) is 0 Å². The van der Waals surface area contributed by atoms with Crippen LogP contribution < -0.4 is 21.1 Å². The number of carbonyl (C=O) groups is 2. The Kier molecular flexibility index (Phi) is 7.03. The molecule has 0 spiro atoms. The van der Waals surface area contributed by atoms with Gasteiger partial charge in [0.1, 0.15) is 5.75 Å². The zero-order chi connectivity index (χ0) is 15.7. The molecule has 1 rings (SSSR count). The molecular formula is C14H21N3O4. The maximum atomic E-state index is 12.0. The van der Waals surface area contributed by atoms with E-state index in [0.29, 0.717) is 30.2 Å². The lowest BCUT2D eigenvalue weighted by Gasteiger charge is -2.09. The standard InChI is InChI=1S/C14H21N3O4/c1-20-8-7-16-13(18)5-6-17-14(19)11-9-10(21-2)3-4-12(11)15/h3-4,9H,5-8,15H2,1-2H3,(H,16,18)(H,17,19). The molecule has 0 aliphatic rings. The second kappa shape index (κ2) is 8.80. The molecule has 0 heterocycles. The van der Waals surface area contributed by atoms with Crippen LogP contribution in [0.5, 0.6) is 5.75 Å². The number of rotatable bonds is 8. The second-order valence-corrected chi connectivity index (χ2v) is 4.30. The lowest BCUT2D eigenvalue weighted by atomic mass is 10.1. The molecular weight excluding hydrogens is 274 g/mol. The summed E-state index contributed by atoms with van der Waals surface area (Å²) in [6.07, 6.45) is 0.194. The number of nitrogens with two attached hydrogens (primary N) is 1. The van der Waals surface area contributed by atoms with Crippen molar-refractivity contribution in [3.63, 3.8) is 0 Å². The first-order chi connectivity index (χ1) is 10.1. The summed E-state index contributed by atoms with van der Waals surface area (Å²) in [5, 5.41) is 5.31. The van der Waals surface area contributed by atoms with E-state index in [-0.39, 0.29) is 24.8 Å². The lowest BCUT2D eigenvalue weighted by molar-refractivity contribution is -0.121. The first-order valence-electron chi connectivity index (χ1n) is 6.55. The molecule has 0 saturated heterocycles. The second-order valence-electron chi connectivity index (χ2n) is 4.30. The van der Waals surface area contributed by atoms with Gasteiger partial charge < -0.3 is 25.8 Å². The van der Waals surface area contributed by atoms with E-state index >= 15 is 0 Å². The minimum atomic E-state index is -0.337. The molecule has 0 atom stereocenters. The quantitative estimate of drug-likeness (QED) is 0.468. The maximum Gasteiger partial charge on any atom is 0.253 e. The van der Waals surface area contributed by atoms with Gasteiger partial charge in [-0.25, -0.2) is 0 Å². The fraction of sp³-hybridized carbons (Fsp3) is 0.429. The zero-order valence-corrected chi connectivity index (χ0v) is 12.3. The largest absolute Gasteiger partial charge is 0.497 e. The average Bonchev–Trinajstić information content (AvgIpc) is 2.48. The molecule has 0 fully saturated rings. The van der Waals surface area contributed by atoms with Crippen LogP contribution in [0.2, 0.25) is 0 Å². The van der Waals surface area contributed by atoms with Gasteiger partial charge >= 0.3 is 0 Å². The van der Waals surface area contributed by atoms with E-state index in [1.807, 2.05) is 0 Å². The van der Waals surface area contributed by atoms with E-state index in [2.05, 4.69) is 10.6 Å². The summed E-state index contributed by atoms with van der Waals surface area (Å²) in [6, 6.07) is 4.84. The summed E-state index contributed by atoms with van der Waals surface area (Å²) < 4.78 is 9.86. The predicted molar refractivity (Wildman–Crippen MR) is 79.2 cm³/mol. The first-order valence-corrected chi connectivity index (χ1v) is 6.55. The number of nitrogen functional groups attached to an aromatic ring is 1. The van der Waals surface area contributed by atoms with Crippen molar-refractivity contribution in [1.29, 1.82) is 0 Å². The third-order valence-corrected chi connectivity index (χ3v) is 2.77. The topological polar surface area (TPSA) is 103 Å². The van der Waals surface area contributed by atoms with Crippen molar-refractivity contribution in [3.8, 4) is 5.75 Å². The first kappa shape index (κ1) is 16.8. The van der Waals surface area contributed by atoms with Gasteiger partial charge in [0.15, 0.2) is 0 Å². The Morgan fingerprint density at radius 2 is 1.95 bits per heavy atom. The number of methoxy groups -OCH3 is 2. The predicted octanol–water partition coefficient (Wildman–Crippen LogP) is 0.160. The van der Waals surface area contributed by atoms with Crippen LogP contribution in [0.3, 0.4) is 0 Å². The third-order valence-electron chi connectivity index (χ3n) is 2.77. The minimum Gasteiger partial charge on any atom is -0.497 e. The summed E-state index contributed by atoms with van der Waals surface area (Å²) >= 11 is 0. The molecule has 4 N–H and O–H groups in total. The molecule has 2 amide bonds. The molecule has 1 aromatic carbocycles. The molecule has 0 bridgehead atoms. The molecule has 0 unspecified atom stereocenters. The van der Waals surface area contributed by atoms with Crippen LogP contribution >= 0.6 is 0 Å². The Morgan fingerprint density at radius 3 is 2.62 bits per heavy atom. The van der Waals surface area contributed by atoms with Crippen molar-refractivity contribution in [1.82, 2.24) is 10.6 Å². The van der Waals surface area contributed by atoms with Crippen LogP contribution in [0, 0.1) is 0 Å². The van der Waals surface area contributed by atoms with Crippen molar-refractivity contribution >= 4 is 17.5 Å². The molecule has 7 heteroatoms. The van der Waals surface area contributed by atoms with Crippen LogP contribution in [0.25, 0.3) is 0 Å². The SMILES string of the molecule is COCCNC(=O)CCNC(=O)c1cc(OC)ccc1N. The summed E-state index contributed by atoms with van der Waals surface area (Å²) in [5.41, 5.74) is 6.44. The van der Waals surface area contributed by atoms with Crippen molar-refractivity contribution in [2.24, 2.45) is 0 Å². The van der Waals surface area contributed by atoms with Crippen molar-refractivity contribution in [3.05, 3.63) is 23.8 Å². The summed E-state index contributed by atoms with van der Waals surface area (Å²) in [4.78, 5) is 23.4. The third kappa shape index (κ3) is 5.70. The Bertz CT molecular complexity index is 491. The number of amides is 2. The van der Waals surface area contributed by atoms with Crippen molar-refractivity contribution in [2.45, 2.75) is 6.42 Å². The number of ether oxygens (including phenoxy) is 2. The number of hydrogen-bond acceptors (Lipinski definition) is 5. The van der Waals surface area contributed by atoms with E-state index in [4.69, 9.17) is 15.2 Å². The number of carbonyl (C=O) groups excluding carboxylic acids is 2. The molecule has 21 heavy (non-hydrogen) atoms. The summed E-state index contributed by atoms with van der Waals surface area (Å²) in [7, 11) is 3.07. The normalized spacial score (nSPS) is 10.0. The van der Waals surface area contributed by atoms with Gasteiger partial charge in [-0.2, -0.15) is 0 Å². The maximum absolute atomic E-state index is 12.0. The Labute approximate surface area is 123 Å². The molecule has 0 saturated carbocycles. The molecule has 116 valence electrons. The van der Waals surface area contributed by atoms with E-state index < -0.39 is 0 Å². The fourth-order valence-corrected chi connectivity index (χ4v) is 1.62. The average molecular weight is 295 g/mol. The Hall–Kier alpha value is -2.28. The van der Waals surface area contributed by atoms with Crippen LogP contribution in [-0.4, -0.2) is 45.7 Å². The van der Waals surface area contributed by atoms with Gasteiger partial charge in [0, 0.05) is 32.3 Å². The monoisotopic (exact) mass is 295 g/mol. The van der Waals surface area contributed by atoms with Gasteiger partial charge in [-0.3, -0.25) is 9.59 Å². The summed E-state index contributed by atoms with van der Waals surface area (Å²) in [5.74, 6) is 0.0636. The van der Waals surface area contributed by atoms with E-state index in [1.54, 1.807) is 25.3 Å².